The van der Waals surface area contributed by atoms with Gasteiger partial charge in [-0.05, 0) is 29.5 Å². The molecular weight excluding hydrogens is 243 g/mol. The second-order valence-electron chi connectivity index (χ2n) is 3.34. The van der Waals surface area contributed by atoms with Crippen LogP contribution in [0.1, 0.15) is 26.7 Å². The Hall–Kier alpha value is 0.130. The highest BCUT2D eigenvalue weighted by Gasteiger charge is 2.01. The van der Waals surface area contributed by atoms with Gasteiger partial charge in [0.1, 0.15) is 0 Å². The third kappa shape index (κ3) is 4.24. The largest absolute Gasteiger partial charge is 0.0875 e. The van der Waals surface area contributed by atoms with Crippen LogP contribution in [0.5, 0.6) is 0 Å². The molecule has 0 heterocycles. The number of hydrogen-bond acceptors (Lipinski definition) is 0. The summed E-state index contributed by atoms with van der Waals surface area (Å²) in [4.78, 5) is 0. The topological polar surface area (TPSA) is 0 Å². The van der Waals surface area contributed by atoms with Gasteiger partial charge in [-0.3, -0.25) is 0 Å². The van der Waals surface area contributed by atoms with Crippen molar-refractivity contribution >= 4 is 29.8 Å². The van der Waals surface area contributed by atoms with Crippen LogP contribution in [0.25, 0.3) is 0 Å². The van der Waals surface area contributed by atoms with E-state index in [0.717, 1.165) is 14.2 Å². The van der Waals surface area contributed by atoms with Gasteiger partial charge in [0.25, 0.3) is 0 Å². The molecule has 2 heteroatoms. The molecular formula is C11H16BrP. The van der Waals surface area contributed by atoms with Gasteiger partial charge in [0.05, 0.1) is 0 Å². The molecule has 1 aromatic rings. The first-order chi connectivity index (χ1) is 6.22. The van der Waals surface area contributed by atoms with Crippen molar-refractivity contribution in [2.75, 3.05) is 0 Å². The van der Waals surface area contributed by atoms with Crippen LogP contribution in [0.15, 0.2) is 28.7 Å². The van der Waals surface area contributed by atoms with Crippen LogP contribution in [-0.2, 0) is 0 Å². The molecule has 0 fully saturated rings. The van der Waals surface area contributed by atoms with Gasteiger partial charge in [-0.15, -0.1) is 0 Å². The average Bonchev–Trinajstić information content (AvgIpc) is 2.09. The predicted molar refractivity (Wildman–Crippen MR) is 66.5 cm³/mol. The van der Waals surface area contributed by atoms with E-state index in [4.69, 9.17) is 0 Å². The first kappa shape index (κ1) is 11.2. The lowest BCUT2D eigenvalue weighted by molar-refractivity contribution is 0.785. The SMILES string of the molecule is CCCC(C)Pc1ccc(Br)cc1. The molecule has 0 amide bonds. The molecule has 0 bridgehead atoms. The zero-order chi connectivity index (χ0) is 9.68. The van der Waals surface area contributed by atoms with E-state index in [1.165, 1.54) is 22.6 Å². The van der Waals surface area contributed by atoms with Crippen molar-refractivity contribution in [2.24, 2.45) is 0 Å². The van der Waals surface area contributed by atoms with Gasteiger partial charge >= 0.3 is 0 Å². The summed E-state index contributed by atoms with van der Waals surface area (Å²) in [5.41, 5.74) is 0.839. The zero-order valence-corrected chi connectivity index (χ0v) is 10.8. The summed E-state index contributed by atoms with van der Waals surface area (Å²) in [5, 5.41) is 1.48. The monoisotopic (exact) mass is 258 g/mol. The van der Waals surface area contributed by atoms with Gasteiger partial charge in [-0.25, -0.2) is 0 Å². The molecule has 0 saturated carbocycles. The molecule has 1 aromatic carbocycles. The van der Waals surface area contributed by atoms with Gasteiger partial charge in [0.15, 0.2) is 0 Å². The fourth-order valence-electron chi connectivity index (χ4n) is 1.34. The van der Waals surface area contributed by atoms with E-state index in [-0.39, 0.29) is 0 Å². The van der Waals surface area contributed by atoms with E-state index >= 15 is 0 Å². The van der Waals surface area contributed by atoms with Crippen LogP contribution in [0.3, 0.4) is 0 Å². The molecule has 0 nitrogen and oxygen atoms in total. The van der Waals surface area contributed by atoms with Crippen molar-refractivity contribution in [1.29, 1.82) is 0 Å². The van der Waals surface area contributed by atoms with Crippen LogP contribution in [0.4, 0.5) is 0 Å². The highest BCUT2D eigenvalue weighted by atomic mass is 79.9. The first-order valence-corrected chi connectivity index (χ1v) is 6.61. The van der Waals surface area contributed by atoms with Gasteiger partial charge in [-0.2, -0.15) is 0 Å². The molecule has 2 unspecified atom stereocenters. The Bertz CT molecular complexity index is 243. The second kappa shape index (κ2) is 5.78. The third-order valence-electron chi connectivity index (χ3n) is 1.98. The first-order valence-electron chi connectivity index (χ1n) is 4.74. The fraction of sp³-hybridized carbons (Fsp3) is 0.455. The Morgan fingerprint density at radius 1 is 1.31 bits per heavy atom. The number of benzene rings is 1. The normalized spacial score (nSPS) is 13.8. The minimum Gasteiger partial charge on any atom is -0.0875 e. The highest BCUT2D eigenvalue weighted by molar-refractivity contribution is 9.10. The summed E-state index contributed by atoms with van der Waals surface area (Å²) in [6.07, 6.45) is 2.64. The van der Waals surface area contributed by atoms with Crippen LogP contribution in [0, 0.1) is 0 Å². The summed E-state index contributed by atoms with van der Waals surface area (Å²) < 4.78 is 1.17. The Labute approximate surface area is 91.0 Å². The molecule has 0 aliphatic carbocycles. The molecule has 0 aliphatic heterocycles. The average molecular weight is 259 g/mol. The molecule has 0 saturated heterocycles. The Morgan fingerprint density at radius 2 is 1.92 bits per heavy atom. The van der Waals surface area contributed by atoms with Crippen molar-refractivity contribution in [3.63, 3.8) is 0 Å². The lowest BCUT2D eigenvalue weighted by atomic mass is 10.3. The Balaban J connectivity index is 2.49. The molecule has 0 aliphatic rings. The standard InChI is InChI=1S/C11H16BrP/c1-3-4-9(2)13-11-7-5-10(12)6-8-11/h5-9,13H,3-4H2,1-2H3. The summed E-state index contributed by atoms with van der Waals surface area (Å²) >= 11 is 3.45. The van der Waals surface area contributed by atoms with Crippen molar-refractivity contribution in [2.45, 2.75) is 32.3 Å². The Morgan fingerprint density at radius 3 is 2.46 bits per heavy atom. The van der Waals surface area contributed by atoms with Crippen LogP contribution in [0.2, 0.25) is 0 Å². The summed E-state index contributed by atoms with van der Waals surface area (Å²) in [6.45, 7) is 4.59. The predicted octanol–water partition coefficient (Wildman–Crippen LogP) is 3.94. The van der Waals surface area contributed by atoms with Gasteiger partial charge in [0, 0.05) is 4.47 Å². The van der Waals surface area contributed by atoms with E-state index in [1.54, 1.807) is 0 Å². The molecule has 0 N–H and O–H groups in total. The third-order valence-corrected chi connectivity index (χ3v) is 3.96. The molecule has 13 heavy (non-hydrogen) atoms. The van der Waals surface area contributed by atoms with Gasteiger partial charge in [0.2, 0.25) is 0 Å². The van der Waals surface area contributed by atoms with E-state index in [9.17, 15) is 0 Å². The maximum atomic E-state index is 3.45. The fourth-order valence-corrected chi connectivity index (χ4v) is 2.96. The number of rotatable bonds is 4. The molecule has 0 spiro atoms. The molecule has 0 aromatic heterocycles. The number of halogens is 1. The van der Waals surface area contributed by atoms with Crippen LogP contribution in [-0.4, -0.2) is 5.66 Å². The van der Waals surface area contributed by atoms with Gasteiger partial charge in [-0.1, -0.05) is 56.9 Å². The van der Waals surface area contributed by atoms with Crippen molar-refractivity contribution in [3.05, 3.63) is 28.7 Å². The minimum absolute atomic E-state index is 0.839. The van der Waals surface area contributed by atoms with E-state index in [0.29, 0.717) is 0 Å². The highest BCUT2D eigenvalue weighted by Crippen LogP contribution is 2.22. The van der Waals surface area contributed by atoms with E-state index in [1.807, 2.05) is 0 Å². The second-order valence-corrected chi connectivity index (χ2v) is 6.11. The lowest BCUT2D eigenvalue weighted by Gasteiger charge is -2.09. The summed E-state index contributed by atoms with van der Waals surface area (Å²) in [7, 11) is 0.961. The Kier molecular flexibility index (Phi) is 4.98. The van der Waals surface area contributed by atoms with Crippen LogP contribution >= 0.6 is 24.5 Å². The minimum atomic E-state index is 0.839. The molecule has 2 atom stereocenters. The molecule has 1 rings (SSSR count). The maximum Gasteiger partial charge on any atom is 0.0175 e. The van der Waals surface area contributed by atoms with E-state index < -0.39 is 0 Å². The lowest BCUT2D eigenvalue weighted by Crippen LogP contribution is -2.01. The van der Waals surface area contributed by atoms with Crippen molar-refractivity contribution < 1.29 is 0 Å². The van der Waals surface area contributed by atoms with Crippen LogP contribution < -0.4 is 5.30 Å². The smallest absolute Gasteiger partial charge is 0.0175 e. The summed E-state index contributed by atoms with van der Waals surface area (Å²) in [5.74, 6) is 0. The van der Waals surface area contributed by atoms with Crippen molar-refractivity contribution in [1.82, 2.24) is 0 Å². The molecule has 0 radical (unpaired) electrons. The summed E-state index contributed by atoms with van der Waals surface area (Å²) in [6, 6.07) is 8.69. The van der Waals surface area contributed by atoms with Gasteiger partial charge < -0.3 is 0 Å². The van der Waals surface area contributed by atoms with Crippen molar-refractivity contribution in [3.8, 4) is 0 Å². The number of hydrogen-bond donors (Lipinski definition) is 0. The van der Waals surface area contributed by atoms with E-state index in [2.05, 4.69) is 54.0 Å². The molecule has 72 valence electrons. The maximum absolute atomic E-state index is 3.45. The zero-order valence-electron chi connectivity index (χ0n) is 8.18. The quantitative estimate of drug-likeness (QED) is 0.718.